The van der Waals surface area contributed by atoms with E-state index in [2.05, 4.69) is 17.2 Å². The zero-order chi connectivity index (χ0) is 12.3. The van der Waals surface area contributed by atoms with Crippen LogP contribution in [0.4, 0.5) is 5.13 Å². The van der Waals surface area contributed by atoms with Crippen molar-refractivity contribution < 1.29 is 8.42 Å². The molecule has 1 N–H and O–H groups in total. The van der Waals surface area contributed by atoms with Gasteiger partial charge in [0.15, 0.2) is 5.13 Å². The Balaban J connectivity index is 1.97. The number of rotatable bonds is 5. The second-order valence-corrected chi connectivity index (χ2v) is 7.27. The minimum atomic E-state index is -3.00. The Kier molecular flexibility index (Phi) is 4.01. The van der Waals surface area contributed by atoms with Gasteiger partial charge in [0.1, 0.15) is 0 Å². The molecule has 2 rings (SSSR count). The number of anilines is 1. The Morgan fingerprint density at radius 3 is 3.06 bits per heavy atom. The molecule has 0 atom stereocenters. The minimum absolute atomic E-state index is 0.284. The topological polar surface area (TPSA) is 62.3 Å². The Bertz CT molecular complexity index is 470. The van der Waals surface area contributed by atoms with E-state index in [1.807, 2.05) is 0 Å². The molecule has 0 spiro atoms. The van der Waals surface area contributed by atoms with Crippen LogP contribution in [0.5, 0.6) is 0 Å². The number of sulfonamides is 1. The molecule has 1 aliphatic rings. The molecule has 0 radical (unpaired) electrons. The third-order valence-corrected chi connectivity index (χ3v) is 5.46. The van der Waals surface area contributed by atoms with Crippen LogP contribution >= 0.6 is 11.3 Å². The summed E-state index contributed by atoms with van der Waals surface area (Å²) in [5.41, 5.74) is 0. The summed E-state index contributed by atoms with van der Waals surface area (Å²) >= 11 is 1.53. The minimum Gasteiger partial charge on any atom is -0.362 e. The van der Waals surface area contributed by atoms with Crippen LogP contribution in [0.1, 0.15) is 24.6 Å². The van der Waals surface area contributed by atoms with Crippen LogP contribution in [0.3, 0.4) is 0 Å². The fraction of sp³-hybridized carbons (Fsp3) is 0.700. The lowest BCUT2D eigenvalue weighted by atomic mass is 10.4. The lowest BCUT2D eigenvalue weighted by Crippen LogP contribution is -2.24. The van der Waals surface area contributed by atoms with Crippen molar-refractivity contribution in [2.24, 2.45) is 0 Å². The Morgan fingerprint density at radius 1 is 1.59 bits per heavy atom. The zero-order valence-corrected chi connectivity index (χ0v) is 11.5. The third-order valence-electron chi connectivity index (χ3n) is 2.62. The van der Waals surface area contributed by atoms with E-state index in [-0.39, 0.29) is 5.75 Å². The van der Waals surface area contributed by atoms with Gasteiger partial charge in [-0.25, -0.2) is 13.4 Å². The van der Waals surface area contributed by atoms with E-state index in [9.17, 15) is 8.42 Å². The van der Waals surface area contributed by atoms with E-state index in [4.69, 9.17) is 0 Å². The average Bonchev–Trinajstić information content (AvgIpc) is 2.84. The fourth-order valence-corrected chi connectivity index (χ4v) is 4.17. The van der Waals surface area contributed by atoms with Gasteiger partial charge in [0.05, 0.1) is 5.75 Å². The third kappa shape index (κ3) is 3.17. The summed E-state index contributed by atoms with van der Waals surface area (Å²) in [7, 11) is -3.00. The quantitative estimate of drug-likeness (QED) is 0.884. The van der Waals surface area contributed by atoms with Crippen molar-refractivity contribution in [3.8, 4) is 0 Å². The predicted octanol–water partition coefficient (Wildman–Crippen LogP) is 1.50. The maximum Gasteiger partial charge on any atom is 0.214 e. The van der Waals surface area contributed by atoms with E-state index in [1.165, 1.54) is 11.3 Å². The highest BCUT2D eigenvalue weighted by molar-refractivity contribution is 7.89. The Hall–Kier alpha value is -0.660. The first-order chi connectivity index (χ1) is 8.12. The van der Waals surface area contributed by atoms with Gasteiger partial charge in [-0.15, -0.1) is 11.3 Å². The molecule has 1 aliphatic heterocycles. The van der Waals surface area contributed by atoms with E-state index in [0.29, 0.717) is 13.1 Å². The lowest BCUT2D eigenvalue weighted by molar-refractivity contribution is 0.443. The van der Waals surface area contributed by atoms with Crippen LogP contribution in [0, 0.1) is 0 Å². The van der Waals surface area contributed by atoms with Crippen molar-refractivity contribution in [1.29, 1.82) is 0 Å². The summed E-state index contributed by atoms with van der Waals surface area (Å²) in [6.45, 7) is 4.10. The average molecular weight is 275 g/mol. The van der Waals surface area contributed by atoms with Crippen LogP contribution in [0.25, 0.3) is 0 Å². The van der Waals surface area contributed by atoms with E-state index >= 15 is 0 Å². The van der Waals surface area contributed by atoms with Crippen LogP contribution in [0.2, 0.25) is 0 Å². The second kappa shape index (κ2) is 5.32. The molecule has 0 aromatic carbocycles. The van der Waals surface area contributed by atoms with Crippen LogP contribution in [-0.4, -0.2) is 36.5 Å². The van der Waals surface area contributed by atoms with Crippen LogP contribution < -0.4 is 5.32 Å². The molecule has 0 unspecified atom stereocenters. The SMILES string of the molecule is CCCNc1ncc(CN2CCCS2(=O)=O)s1. The Labute approximate surface area is 106 Å². The largest absolute Gasteiger partial charge is 0.362 e. The summed E-state index contributed by atoms with van der Waals surface area (Å²) in [5, 5.41) is 4.07. The number of hydrogen-bond acceptors (Lipinski definition) is 5. The fourth-order valence-electron chi connectivity index (χ4n) is 1.74. The number of hydrogen-bond donors (Lipinski definition) is 1. The van der Waals surface area contributed by atoms with Gasteiger partial charge >= 0.3 is 0 Å². The number of nitrogens with zero attached hydrogens (tertiary/aromatic N) is 2. The summed E-state index contributed by atoms with van der Waals surface area (Å²) in [4.78, 5) is 5.22. The second-order valence-electron chi connectivity index (χ2n) is 4.06. The van der Waals surface area contributed by atoms with Gasteiger partial charge in [-0.05, 0) is 12.8 Å². The molecular weight excluding hydrogens is 258 g/mol. The van der Waals surface area contributed by atoms with Crippen LogP contribution in [-0.2, 0) is 16.6 Å². The maximum absolute atomic E-state index is 11.6. The summed E-state index contributed by atoms with van der Waals surface area (Å²) in [6, 6.07) is 0. The van der Waals surface area contributed by atoms with Crippen molar-refractivity contribution in [3.05, 3.63) is 11.1 Å². The lowest BCUT2D eigenvalue weighted by Gasteiger charge is -2.11. The highest BCUT2D eigenvalue weighted by Gasteiger charge is 2.28. The molecular formula is C10H17N3O2S2. The van der Waals surface area contributed by atoms with Gasteiger partial charge in [-0.1, -0.05) is 6.92 Å². The molecule has 0 aliphatic carbocycles. The predicted molar refractivity (Wildman–Crippen MR) is 69.7 cm³/mol. The molecule has 7 heteroatoms. The van der Waals surface area contributed by atoms with Gasteiger partial charge in [-0.2, -0.15) is 4.31 Å². The van der Waals surface area contributed by atoms with Crippen molar-refractivity contribution in [3.63, 3.8) is 0 Å². The first-order valence-corrected chi connectivity index (χ1v) is 8.21. The number of aromatic nitrogens is 1. The number of nitrogens with one attached hydrogen (secondary N) is 1. The molecule has 96 valence electrons. The van der Waals surface area contributed by atoms with Crippen molar-refractivity contribution in [2.45, 2.75) is 26.3 Å². The highest BCUT2D eigenvalue weighted by Crippen LogP contribution is 2.23. The summed E-state index contributed by atoms with van der Waals surface area (Å²) < 4.78 is 24.8. The Morgan fingerprint density at radius 2 is 2.41 bits per heavy atom. The van der Waals surface area contributed by atoms with Gasteiger partial charge in [0.25, 0.3) is 0 Å². The van der Waals surface area contributed by atoms with E-state index < -0.39 is 10.0 Å². The normalized spacial score (nSPS) is 19.6. The molecule has 5 nitrogen and oxygen atoms in total. The summed E-state index contributed by atoms with van der Waals surface area (Å²) in [5.74, 6) is 0.284. The van der Waals surface area contributed by atoms with Crippen LogP contribution in [0.15, 0.2) is 6.20 Å². The number of thiazole rings is 1. The first-order valence-electron chi connectivity index (χ1n) is 5.78. The molecule has 0 bridgehead atoms. The standard InChI is InChI=1S/C10H17N3O2S2/c1-2-4-11-10-12-7-9(16-10)8-13-5-3-6-17(13,14)15/h7H,2-6,8H2,1H3,(H,11,12). The molecule has 1 saturated heterocycles. The first kappa shape index (κ1) is 12.8. The van der Waals surface area contributed by atoms with Crippen molar-refractivity contribution in [1.82, 2.24) is 9.29 Å². The molecule has 17 heavy (non-hydrogen) atoms. The van der Waals surface area contributed by atoms with Gasteiger partial charge in [-0.3, -0.25) is 0 Å². The zero-order valence-electron chi connectivity index (χ0n) is 9.85. The van der Waals surface area contributed by atoms with Gasteiger partial charge < -0.3 is 5.32 Å². The molecule has 1 fully saturated rings. The molecule has 1 aromatic rings. The smallest absolute Gasteiger partial charge is 0.214 e. The van der Waals surface area contributed by atoms with E-state index in [1.54, 1.807) is 10.5 Å². The molecule has 1 aromatic heterocycles. The highest BCUT2D eigenvalue weighted by atomic mass is 32.2. The summed E-state index contributed by atoms with van der Waals surface area (Å²) in [6.07, 6.45) is 3.55. The van der Waals surface area contributed by atoms with Gasteiger partial charge in [0.2, 0.25) is 10.0 Å². The van der Waals surface area contributed by atoms with E-state index in [0.717, 1.165) is 29.4 Å². The molecule has 2 heterocycles. The maximum atomic E-state index is 11.6. The monoisotopic (exact) mass is 275 g/mol. The van der Waals surface area contributed by atoms with Crippen molar-refractivity contribution in [2.75, 3.05) is 24.2 Å². The molecule has 0 amide bonds. The molecule has 0 saturated carbocycles. The van der Waals surface area contributed by atoms with Gasteiger partial charge in [0, 0.05) is 30.7 Å². The van der Waals surface area contributed by atoms with Crippen molar-refractivity contribution >= 4 is 26.5 Å².